The Hall–Kier alpha value is -2.31. The number of nitrogens with zero attached hydrogens (tertiary/aromatic N) is 1. The third-order valence-electron chi connectivity index (χ3n) is 2.50. The van der Waals surface area contributed by atoms with Gasteiger partial charge in [-0.15, -0.1) is 0 Å². The quantitative estimate of drug-likeness (QED) is 0.590. The number of nitrogens with one attached hydrogen (secondary N) is 2. The van der Waals surface area contributed by atoms with Crippen molar-refractivity contribution in [3.63, 3.8) is 0 Å². The van der Waals surface area contributed by atoms with Crippen molar-refractivity contribution in [2.45, 2.75) is 20.3 Å². The van der Waals surface area contributed by atoms with Gasteiger partial charge >= 0.3 is 5.97 Å². The number of aromatic carboxylic acids is 1. The molecule has 1 aromatic rings. The van der Waals surface area contributed by atoms with Crippen molar-refractivity contribution in [2.24, 2.45) is 5.92 Å². The molecule has 1 amide bonds. The topological polar surface area (TPSA) is 117 Å². The summed E-state index contributed by atoms with van der Waals surface area (Å²) in [7, 11) is 0. The molecule has 0 aromatic carbocycles. The van der Waals surface area contributed by atoms with Crippen LogP contribution in [-0.4, -0.2) is 35.1 Å². The Balaban J connectivity index is 2.47. The third-order valence-corrected chi connectivity index (χ3v) is 2.50. The maximum atomic E-state index is 11.5. The predicted molar refractivity (Wildman–Crippen MR) is 76.6 cm³/mol. The van der Waals surface area contributed by atoms with Gasteiger partial charge in [-0.2, -0.15) is 0 Å². The molecule has 0 fully saturated rings. The van der Waals surface area contributed by atoms with Crippen molar-refractivity contribution in [3.8, 4) is 0 Å². The van der Waals surface area contributed by atoms with Gasteiger partial charge in [0.1, 0.15) is 5.82 Å². The largest absolute Gasteiger partial charge is 0.477 e. The molecule has 1 rings (SSSR count). The molecule has 7 nitrogen and oxygen atoms in total. The van der Waals surface area contributed by atoms with E-state index in [4.69, 9.17) is 10.8 Å². The second-order valence-electron chi connectivity index (χ2n) is 4.81. The summed E-state index contributed by atoms with van der Waals surface area (Å²) < 4.78 is 0. The van der Waals surface area contributed by atoms with Gasteiger partial charge in [-0.3, -0.25) is 4.79 Å². The first-order valence-electron chi connectivity index (χ1n) is 6.40. The van der Waals surface area contributed by atoms with Crippen molar-refractivity contribution in [1.29, 1.82) is 0 Å². The number of nitrogen functional groups attached to an aromatic ring is 1. The fraction of sp³-hybridized carbons (Fsp3) is 0.462. The molecule has 0 bridgehead atoms. The van der Waals surface area contributed by atoms with Crippen LogP contribution in [-0.2, 0) is 4.79 Å². The van der Waals surface area contributed by atoms with Gasteiger partial charge in [-0.1, -0.05) is 13.8 Å². The molecule has 0 aliphatic rings. The van der Waals surface area contributed by atoms with E-state index in [1.165, 1.54) is 12.1 Å². The second kappa shape index (κ2) is 7.32. The van der Waals surface area contributed by atoms with Crippen LogP contribution in [0, 0.1) is 5.92 Å². The molecule has 0 saturated heterocycles. The number of pyridine rings is 1. The first-order chi connectivity index (χ1) is 9.40. The van der Waals surface area contributed by atoms with E-state index < -0.39 is 5.97 Å². The number of carboxylic acid groups (broad SMARTS) is 1. The monoisotopic (exact) mass is 280 g/mol. The molecule has 1 aromatic heterocycles. The summed E-state index contributed by atoms with van der Waals surface area (Å²) in [4.78, 5) is 26.2. The molecule has 110 valence electrons. The van der Waals surface area contributed by atoms with Gasteiger partial charge in [0.05, 0.1) is 5.69 Å². The molecular weight excluding hydrogens is 260 g/mol. The van der Waals surface area contributed by atoms with Crippen molar-refractivity contribution in [2.75, 3.05) is 24.1 Å². The highest BCUT2D eigenvalue weighted by Gasteiger charge is 2.09. The van der Waals surface area contributed by atoms with Gasteiger partial charge < -0.3 is 21.5 Å². The number of anilines is 2. The summed E-state index contributed by atoms with van der Waals surface area (Å²) in [5.41, 5.74) is 5.94. The molecule has 5 N–H and O–H groups in total. The molecular formula is C13H20N4O3. The Labute approximate surface area is 117 Å². The van der Waals surface area contributed by atoms with Gasteiger partial charge in [0.25, 0.3) is 0 Å². The number of carboxylic acids is 1. The fourth-order valence-corrected chi connectivity index (χ4v) is 1.43. The minimum Gasteiger partial charge on any atom is -0.477 e. The summed E-state index contributed by atoms with van der Waals surface area (Å²) in [6.45, 7) is 5.00. The number of hydrogen-bond donors (Lipinski definition) is 4. The zero-order valence-corrected chi connectivity index (χ0v) is 11.6. The van der Waals surface area contributed by atoms with Crippen LogP contribution in [0.3, 0.4) is 0 Å². The Morgan fingerprint density at radius 3 is 2.70 bits per heavy atom. The van der Waals surface area contributed by atoms with Crippen LogP contribution in [0.15, 0.2) is 12.1 Å². The number of aromatic nitrogens is 1. The van der Waals surface area contributed by atoms with Gasteiger partial charge in [-0.05, 0) is 18.1 Å². The van der Waals surface area contributed by atoms with Crippen LogP contribution in [0.4, 0.5) is 11.5 Å². The lowest BCUT2D eigenvalue weighted by molar-refractivity contribution is -0.120. The first-order valence-corrected chi connectivity index (χ1v) is 6.40. The fourth-order valence-electron chi connectivity index (χ4n) is 1.43. The van der Waals surface area contributed by atoms with Crippen molar-refractivity contribution in [3.05, 3.63) is 17.8 Å². The van der Waals surface area contributed by atoms with Crippen molar-refractivity contribution in [1.82, 2.24) is 10.3 Å². The smallest absolute Gasteiger partial charge is 0.354 e. The van der Waals surface area contributed by atoms with E-state index >= 15 is 0 Å². The number of hydrogen-bond acceptors (Lipinski definition) is 5. The Morgan fingerprint density at radius 1 is 1.40 bits per heavy atom. The first kappa shape index (κ1) is 15.7. The summed E-state index contributed by atoms with van der Waals surface area (Å²) in [5, 5.41) is 14.5. The molecule has 1 heterocycles. The zero-order valence-electron chi connectivity index (χ0n) is 11.6. The number of nitrogens with two attached hydrogens (primary N) is 1. The van der Waals surface area contributed by atoms with E-state index in [2.05, 4.69) is 15.6 Å². The Kier molecular flexibility index (Phi) is 5.76. The molecule has 0 unspecified atom stereocenters. The van der Waals surface area contributed by atoms with E-state index in [1.54, 1.807) is 0 Å². The Bertz CT molecular complexity index is 489. The van der Waals surface area contributed by atoms with Gasteiger partial charge in [0.15, 0.2) is 5.69 Å². The average Bonchev–Trinajstić information content (AvgIpc) is 2.38. The highest BCUT2D eigenvalue weighted by molar-refractivity contribution is 5.86. The van der Waals surface area contributed by atoms with Crippen LogP contribution in [0.1, 0.15) is 30.8 Å². The molecule has 0 aliphatic carbocycles. The van der Waals surface area contributed by atoms with E-state index in [9.17, 15) is 9.59 Å². The second-order valence-corrected chi connectivity index (χ2v) is 4.81. The summed E-state index contributed by atoms with van der Waals surface area (Å²) in [6.07, 6.45) is 0.269. The molecule has 0 saturated carbocycles. The third kappa shape index (κ3) is 5.13. The average molecular weight is 280 g/mol. The lowest BCUT2D eigenvalue weighted by Gasteiger charge is -2.10. The number of carbonyl (C=O) groups is 2. The number of amides is 1. The molecule has 7 heteroatoms. The number of rotatable bonds is 7. The predicted octanol–water partition coefficient (Wildman–Crippen LogP) is 0.936. The van der Waals surface area contributed by atoms with Crippen molar-refractivity contribution < 1.29 is 14.7 Å². The number of carbonyl (C=O) groups excluding carboxylic acids is 1. The molecule has 0 radical (unpaired) electrons. The van der Waals surface area contributed by atoms with E-state index in [0.29, 0.717) is 24.7 Å². The minimum absolute atomic E-state index is 0.0702. The zero-order chi connectivity index (χ0) is 15.1. The minimum atomic E-state index is -1.12. The lowest BCUT2D eigenvalue weighted by Crippen LogP contribution is -2.28. The molecule has 20 heavy (non-hydrogen) atoms. The van der Waals surface area contributed by atoms with E-state index in [0.717, 1.165) is 0 Å². The van der Waals surface area contributed by atoms with E-state index in [1.807, 2.05) is 13.8 Å². The van der Waals surface area contributed by atoms with Crippen LogP contribution in [0.5, 0.6) is 0 Å². The maximum Gasteiger partial charge on any atom is 0.354 e. The lowest BCUT2D eigenvalue weighted by atomic mass is 10.2. The van der Waals surface area contributed by atoms with E-state index in [-0.39, 0.29) is 23.8 Å². The van der Waals surface area contributed by atoms with Crippen LogP contribution in [0.2, 0.25) is 0 Å². The molecule has 0 aliphatic heterocycles. The van der Waals surface area contributed by atoms with Gasteiger partial charge in [-0.25, -0.2) is 9.78 Å². The van der Waals surface area contributed by atoms with Crippen LogP contribution >= 0.6 is 0 Å². The van der Waals surface area contributed by atoms with Crippen LogP contribution < -0.4 is 16.4 Å². The van der Waals surface area contributed by atoms with Gasteiger partial charge in [0, 0.05) is 19.5 Å². The van der Waals surface area contributed by atoms with Gasteiger partial charge in [0.2, 0.25) is 5.91 Å². The summed E-state index contributed by atoms with van der Waals surface area (Å²) >= 11 is 0. The summed E-state index contributed by atoms with van der Waals surface area (Å²) in [6, 6.07) is 2.80. The summed E-state index contributed by atoms with van der Waals surface area (Å²) in [5.74, 6) is -0.514. The Morgan fingerprint density at radius 2 is 2.10 bits per heavy atom. The highest BCUT2D eigenvalue weighted by Crippen LogP contribution is 2.15. The van der Waals surface area contributed by atoms with Crippen molar-refractivity contribution >= 4 is 23.4 Å². The standard InChI is InChI=1S/C13H20N4O3/c1-8(2)7-16-11(18)5-6-15-12-9(14)3-4-10(17-12)13(19)20/h3-4,8H,5-7,14H2,1-2H3,(H,15,17)(H,16,18)(H,19,20). The SMILES string of the molecule is CC(C)CNC(=O)CCNc1nc(C(=O)O)ccc1N. The van der Waals surface area contributed by atoms with Crippen LogP contribution in [0.25, 0.3) is 0 Å². The highest BCUT2D eigenvalue weighted by atomic mass is 16.4. The molecule has 0 spiro atoms. The normalized spacial score (nSPS) is 10.3. The molecule has 0 atom stereocenters. The maximum absolute atomic E-state index is 11.5.